The molecule has 0 aliphatic heterocycles. The minimum Gasteiger partial charge on any atom is -0.504 e. The molecule has 0 radical (unpaired) electrons. The van der Waals surface area contributed by atoms with Gasteiger partial charge < -0.3 is 15.2 Å². The number of phenolic OH excluding ortho intramolecular Hbond substituents is 1. The molecule has 26 heavy (non-hydrogen) atoms. The Hall–Kier alpha value is -3.35. The lowest BCUT2D eigenvalue weighted by atomic mass is 10.2. The molecular formula is C19H21N3O4. The van der Waals surface area contributed by atoms with Crippen molar-refractivity contribution in [3.8, 4) is 11.5 Å². The van der Waals surface area contributed by atoms with Gasteiger partial charge >= 0.3 is 0 Å². The van der Waals surface area contributed by atoms with Crippen molar-refractivity contribution in [3.63, 3.8) is 0 Å². The Balaban J connectivity index is 1.76. The number of carbonyl (C=O) groups excluding carboxylic acids is 2. The second kappa shape index (κ2) is 9.22. The predicted octanol–water partition coefficient (Wildman–Crippen LogP) is 2.58. The van der Waals surface area contributed by atoms with E-state index < -0.39 is 0 Å². The van der Waals surface area contributed by atoms with Crippen molar-refractivity contribution in [3.05, 3.63) is 53.6 Å². The van der Waals surface area contributed by atoms with Crippen molar-refractivity contribution < 1.29 is 19.4 Å². The van der Waals surface area contributed by atoms with E-state index in [1.807, 2.05) is 25.1 Å². The smallest absolute Gasteiger partial charge is 0.240 e. The molecule has 0 saturated heterocycles. The van der Waals surface area contributed by atoms with Crippen LogP contribution < -0.4 is 15.5 Å². The summed E-state index contributed by atoms with van der Waals surface area (Å²) in [7, 11) is 1.46. The number of nitrogens with one attached hydrogen (secondary N) is 2. The molecule has 0 spiro atoms. The summed E-state index contributed by atoms with van der Waals surface area (Å²) in [5.74, 6) is -0.283. The number of aromatic hydroxyl groups is 1. The van der Waals surface area contributed by atoms with Crippen LogP contribution in [-0.4, -0.2) is 30.2 Å². The molecule has 0 unspecified atom stereocenters. The van der Waals surface area contributed by atoms with Crippen LogP contribution in [0.15, 0.2) is 47.6 Å². The van der Waals surface area contributed by atoms with Crippen LogP contribution in [0.2, 0.25) is 0 Å². The van der Waals surface area contributed by atoms with Crippen molar-refractivity contribution in [2.75, 3.05) is 12.4 Å². The number of carbonyl (C=O) groups is 2. The Bertz CT molecular complexity index is 818. The maximum Gasteiger partial charge on any atom is 0.240 e. The summed E-state index contributed by atoms with van der Waals surface area (Å²) in [6, 6.07) is 12.2. The fraction of sp³-hybridized carbons (Fsp3) is 0.211. The molecule has 2 aromatic rings. The molecule has 7 nitrogen and oxygen atoms in total. The van der Waals surface area contributed by atoms with Crippen LogP contribution >= 0.6 is 0 Å². The molecule has 3 N–H and O–H groups in total. The maximum absolute atomic E-state index is 11.9. The van der Waals surface area contributed by atoms with Crippen LogP contribution in [0.25, 0.3) is 0 Å². The fourth-order valence-electron chi connectivity index (χ4n) is 2.20. The Morgan fingerprint density at radius 1 is 1.15 bits per heavy atom. The Morgan fingerprint density at radius 2 is 1.92 bits per heavy atom. The third-order valence-electron chi connectivity index (χ3n) is 3.49. The third-order valence-corrected chi connectivity index (χ3v) is 3.49. The van der Waals surface area contributed by atoms with Gasteiger partial charge in [0, 0.05) is 18.5 Å². The molecule has 0 aromatic heterocycles. The Morgan fingerprint density at radius 3 is 2.62 bits per heavy atom. The summed E-state index contributed by atoms with van der Waals surface area (Å²) in [5, 5.41) is 16.2. The molecule has 2 aromatic carbocycles. The van der Waals surface area contributed by atoms with Gasteiger partial charge in [0.25, 0.3) is 0 Å². The van der Waals surface area contributed by atoms with Crippen molar-refractivity contribution >= 4 is 23.7 Å². The second-order valence-corrected chi connectivity index (χ2v) is 5.64. The first kappa shape index (κ1) is 19.0. The Kier molecular flexibility index (Phi) is 6.73. The van der Waals surface area contributed by atoms with Crippen LogP contribution in [-0.2, 0) is 9.59 Å². The lowest BCUT2D eigenvalue weighted by Gasteiger charge is -2.05. The molecule has 0 aliphatic carbocycles. The highest BCUT2D eigenvalue weighted by Crippen LogP contribution is 2.25. The van der Waals surface area contributed by atoms with Crippen LogP contribution in [0, 0.1) is 6.92 Å². The molecule has 7 heteroatoms. The van der Waals surface area contributed by atoms with Gasteiger partial charge in [0.1, 0.15) is 0 Å². The monoisotopic (exact) mass is 355 g/mol. The van der Waals surface area contributed by atoms with E-state index in [0.717, 1.165) is 5.56 Å². The van der Waals surface area contributed by atoms with E-state index in [1.54, 1.807) is 18.2 Å². The summed E-state index contributed by atoms with van der Waals surface area (Å²) >= 11 is 0. The molecule has 0 aliphatic rings. The zero-order valence-electron chi connectivity index (χ0n) is 14.7. The maximum atomic E-state index is 11.9. The van der Waals surface area contributed by atoms with Crippen LogP contribution in [0.1, 0.15) is 24.0 Å². The normalized spacial score (nSPS) is 10.5. The van der Waals surface area contributed by atoms with E-state index in [2.05, 4.69) is 15.8 Å². The highest BCUT2D eigenvalue weighted by Gasteiger charge is 2.07. The standard InChI is InChI=1S/C19H21N3O4/c1-13-4-3-5-15(10-13)21-18(24)8-9-19(25)22-20-12-14-6-7-17(26-2)16(23)11-14/h3-7,10-12,23H,8-9H2,1-2H3,(H,21,24)(H,22,25)/b20-12-. The van der Waals surface area contributed by atoms with Gasteiger partial charge in [0.15, 0.2) is 11.5 Å². The molecule has 0 saturated carbocycles. The van der Waals surface area contributed by atoms with Crippen LogP contribution in [0.3, 0.4) is 0 Å². The molecular weight excluding hydrogens is 334 g/mol. The predicted molar refractivity (Wildman–Crippen MR) is 99.4 cm³/mol. The highest BCUT2D eigenvalue weighted by molar-refractivity contribution is 5.93. The van der Waals surface area contributed by atoms with E-state index in [4.69, 9.17) is 4.74 Å². The van der Waals surface area contributed by atoms with Crippen molar-refractivity contribution in [2.45, 2.75) is 19.8 Å². The van der Waals surface area contributed by atoms with E-state index in [1.165, 1.54) is 19.4 Å². The lowest BCUT2D eigenvalue weighted by Crippen LogP contribution is -2.20. The van der Waals surface area contributed by atoms with E-state index in [-0.39, 0.29) is 30.4 Å². The van der Waals surface area contributed by atoms with Crippen LogP contribution in [0.5, 0.6) is 11.5 Å². The molecule has 0 atom stereocenters. The van der Waals surface area contributed by atoms with Gasteiger partial charge in [-0.1, -0.05) is 12.1 Å². The van der Waals surface area contributed by atoms with Gasteiger partial charge in [0.2, 0.25) is 11.8 Å². The van der Waals surface area contributed by atoms with Crippen LogP contribution in [0.4, 0.5) is 5.69 Å². The summed E-state index contributed by atoms with van der Waals surface area (Å²) in [4.78, 5) is 23.6. The number of aryl methyl sites for hydroxylation is 1. The average Bonchev–Trinajstić information content (AvgIpc) is 2.60. The van der Waals surface area contributed by atoms with E-state index in [9.17, 15) is 14.7 Å². The second-order valence-electron chi connectivity index (χ2n) is 5.64. The first-order valence-electron chi connectivity index (χ1n) is 8.03. The molecule has 2 amide bonds. The van der Waals surface area contributed by atoms with Crippen molar-refractivity contribution in [2.24, 2.45) is 5.10 Å². The van der Waals surface area contributed by atoms with Gasteiger partial charge in [0.05, 0.1) is 13.3 Å². The first-order chi connectivity index (χ1) is 12.5. The number of hydrogen-bond donors (Lipinski definition) is 3. The number of hydrazone groups is 1. The number of rotatable bonds is 7. The summed E-state index contributed by atoms with van der Waals surface area (Å²) < 4.78 is 4.94. The van der Waals surface area contributed by atoms with Gasteiger partial charge in [-0.2, -0.15) is 5.10 Å². The largest absolute Gasteiger partial charge is 0.504 e. The van der Waals surface area contributed by atoms with Gasteiger partial charge in [-0.05, 0) is 48.4 Å². The van der Waals surface area contributed by atoms with Gasteiger partial charge in [-0.25, -0.2) is 5.43 Å². The zero-order valence-corrected chi connectivity index (χ0v) is 14.7. The number of benzene rings is 2. The number of phenols is 1. The van der Waals surface area contributed by atoms with E-state index >= 15 is 0 Å². The minimum absolute atomic E-state index is 0.0167. The van der Waals surface area contributed by atoms with Gasteiger partial charge in [-0.3, -0.25) is 9.59 Å². The molecule has 0 heterocycles. The quantitative estimate of drug-likeness (QED) is 0.525. The van der Waals surface area contributed by atoms with Crippen molar-refractivity contribution in [1.82, 2.24) is 5.43 Å². The molecule has 136 valence electrons. The number of amides is 2. The SMILES string of the molecule is COc1ccc(/C=N\NC(=O)CCC(=O)Nc2cccc(C)c2)cc1O. The topological polar surface area (TPSA) is 100 Å². The first-order valence-corrected chi connectivity index (χ1v) is 8.03. The van der Waals surface area contributed by atoms with Gasteiger partial charge in [-0.15, -0.1) is 0 Å². The molecule has 0 bridgehead atoms. The number of hydrogen-bond acceptors (Lipinski definition) is 5. The minimum atomic E-state index is -0.377. The zero-order chi connectivity index (χ0) is 18.9. The summed E-state index contributed by atoms with van der Waals surface area (Å²) in [6.07, 6.45) is 1.46. The number of ether oxygens (including phenoxy) is 1. The molecule has 2 rings (SSSR count). The fourth-order valence-corrected chi connectivity index (χ4v) is 2.20. The number of anilines is 1. The molecule has 0 fully saturated rings. The average molecular weight is 355 g/mol. The highest BCUT2D eigenvalue weighted by atomic mass is 16.5. The number of nitrogens with zero attached hydrogens (tertiary/aromatic N) is 1. The third kappa shape index (κ3) is 5.94. The summed E-state index contributed by atoms with van der Waals surface area (Å²) in [5.41, 5.74) is 4.69. The Labute approximate surface area is 151 Å². The van der Waals surface area contributed by atoms with Crippen molar-refractivity contribution in [1.29, 1.82) is 0 Å². The summed E-state index contributed by atoms with van der Waals surface area (Å²) in [6.45, 7) is 1.93. The lowest BCUT2D eigenvalue weighted by molar-refractivity contribution is -0.124. The van der Waals surface area contributed by atoms with E-state index in [0.29, 0.717) is 17.0 Å². The number of methoxy groups -OCH3 is 1.